The van der Waals surface area contributed by atoms with Crippen LogP contribution in [0.25, 0.3) is 11.4 Å². The molecule has 0 spiro atoms. The molecule has 1 saturated heterocycles. The molecule has 0 atom stereocenters. The lowest BCUT2D eigenvalue weighted by Gasteiger charge is -2.32. The number of aromatic nitrogens is 4. The van der Waals surface area contributed by atoms with Crippen LogP contribution in [0, 0.1) is 5.92 Å². The highest BCUT2D eigenvalue weighted by atomic mass is 16.5. The summed E-state index contributed by atoms with van der Waals surface area (Å²) in [4.78, 5) is 44.2. The van der Waals surface area contributed by atoms with E-state index in [1.165, 1.54) is 20.3 Å². The summed E-state index contributed by atoms with van der Waals surface area (Å²) < 4.78 is 16.0. The maximum absolute atomic E-state index is 12.2. The number of hydrogen-bond donors (Lipinski definition) is 3. The van der Waals surface area contributed by atoms with E-state index >= 15 is 0 Å². The van der Waals surface area contributed by atoms with Gasteiger partial charge in [0.05, 0.1) is 37.7 Å². The first-order valence-electron chi connectivity index (χ1n) is 12.7. The molecule has 15 heteroatoms. The zero-order valence-corrected chi connectivity index (χ0v) is 22.0. The van der Waals surface area contributed by atoms with Crippen molar-refractivity contribution in [3.05, 3.63) is 35.9 Å². The van der Waals surface area contributed by atoms with Crippen LogP contribution in [0.5, 0.6) is 5.75 Å². The van der Waals surface area contributed by atoms with Crippen molar-refractivity contribution in [1.82, 2.24) is 30.1 Å². The van der Waals surface area contributed by atoms with Gasteiger partial charge >= 0.3 is 6.09 Å². The number of nitrogens with one attached hydrogen (secondary N) is 2. The molecule has 2 aliphatic rings. The Balaban J connectivity index is 1.34. The Morgan fingerprint density at radius 2 is 1.88 bits per heavy atom. The van der Waals surface area contributed by atoms with E-state index in [1.54, 1.807) is 23.1 Å². The van der Waals surface area contributed by atoms with Crippen LogP contribution in [0.3, 0.4) is 0 Å². The average molecular weight is 552 g/mol. The van der Waals surface area contributed by atoms with E-state index in [0.29, 0.717) is 61.4 Å². The lowest BCUT2D eigenvalue weighted by Crippen LogP contribution is -2.48. The summed E-state index contributed by atoms with van der Waals surface area (Å²) in [6.45, 7) is 2.78. The number of primary amides is 1. The van der Waals surface area contributed by atoms with E-state index < -0.39 is 5.91 Å². The number of nitrogens with zero attached hydrogens (tertiary/aromatic N) is 6. The topological polar surface area (TPSA) is 191 Å². The first-order chi connectivity index (χ1) is 19.4. The van der Waals surface area contributed by atoms with Crippen molar-refractivity contribution in [2.75, 3.05) is 51.0 Å². The highest BCUT2D eigenvalue weighted by molar-refractivity contribution is 5.99. The first-order valence-corrected chi connectivity index (χ1v) is 12.7. The van der Waals surface area contributed by atoms with Crippen LogP contribution in [0.2, 0.25) is 0 Å². The Kier molecular flexibility index (Phi) is 7.72. The molecule has 3 amide bonds. The summed E-state index contributed by atoms with van der Waals surface area (Å²) in [7, 11) is 2.86. The van der Waals surface area contributed by atoms with Crippen LogP contribution >= 0.6 is 0 Å². The third-order valence-electron chi connectivity index (χ3n) is 6.59. The van der Waals surface area contributed by atoms with Crippen molar-refractivity contribution in [2.45, 2.75) is 19.4 Å². The maximum Gasteiger partial charge on any atom is 0.409 e. The van der Waals surface area contributed by atoms with E-state index in [9.17, 15) is 14.4 Å². The molecule has 4 N–H and O–H groups in total. The summed E-state index contributed by atoms with van der Waals surface area (Å²) >= 11 is 0. The standard InChI is InChI=1S/C25H29N9O6/c1-38-21-15(23-29-19(40-32-23)13-33-8-10-34(11-9-33)25(37)39-2)4-3-5-16(21)27-17-12-18(28-24(36)14-6-7-14)30-31-20(17)22(26)35/h3-5,12,14H,6-11,13H2,1-2H3,(H2,26,35)(H2,27,28,30,36). The molecular formula is C25H29N9O6. The van der Waals surface area contributed by atoms with Crippen molar-refractivity contribution in [2.24, 2.45) is 11.7 Å². The molecule has 1 aliphatic heterocycles. The normalized spacial score (nSPS) is 15.4. The average Bonchev–Trinajstić information content (AvgIpc) is 3.72. The van der Waals surface area contributed by atoms with Gasteiger partial charge in [0.1, 0.15) is 0 Å². The molecule has 0 unspecified atom stereocenters. The fourth-order valence-corrected chi connectivity index (χ4v) is 4.32. The zero-order valence-electron chi connectivity index (χ0n) is 22.0. The Hall–Kier alpha value is -4.79. The molecule has 40 heavy (non-hydrogen) atoms. The van der Waals surface area contributed by atoms with Gasteiger partial charge in [-0.1, -0.05) is 11.2 Å². The van der Waals surface area contributed by atoms with Crippen molar-refractivity contribution >= 4 is 35.1 Å². The molecule has 0 radical (unpaired) electrons. The number of amides is 3. The number of methoxy groups -OCH3 is 2. The van der Waals surface area contributed by atoms with Crippen molar-refractivity contribution in [3.63, 3.8) is 0 Å². The van der Waals surface area contributed by atoms with E-state index in [-0.39, 0.29) is 35.1 Å². The smallest absolute Gasteiger partial charge is 0.409 e. The zero-order chi connectivity index (χ0) is 28.2. The second kappa shape index (κ2) is 11.5. The summed E-state index contributed by atoms with van der Waals surface area (Å²) in [5, 5.41) is 17.8. The van der Waals surface area contributed by atoms with Crippen LogP contribution < -0.4 is 21.1 Å². The van der Waals surface area contributed by atoms with E-state index in [1.807, 2.05) is 0 Å². The number of carbonyl (C=O) groups is 3. The number of benzene rings is 1. The monoisotopic (exact) mass is 551 g/mol. The van der Waals surface area contributed by atoms with Gasteiger partial charge in [-0.15, -0.1) is 10.2 Å². The predicted octanol–water partition coefficient (Wildman–Crippen LogP) is 1.61. The number of hydrogen-bond acceptors (Lipinski definition) is 12. The molecule has 3 heterocycles. The van der Waals surface area contributed by atoms with E-state index in [0.717, 1.165) is 12.8 Å². The number of nitrogens with two attached hydrogens (primary N) is 1. The van der Waals surface area contributed by atoms with Gasteiger partial charge in [-0.05, 0) is 25.0 Å². The number of anilines is 3. The number of rotatable bonds is 9. The summed E-state index contributed by atoms with van der Waals surface area (Å²) in [6, 6.07) is 6.76. The molecule has 3 aromatic rings. The van der Waals surface area contributed by atoms with Gasteiger partial charge in [-0.25, -0.2) is 4.79 Å². The van der Waals surface area contributed by atoms with E-state index in [2.05, 4.69) is 35.9 Å². The highest BCUT2D eigenvalue weighted by Crippen LogP contribution is 2.37. The van der Waals surface area contributed by atoms with Crippen LogP contribution in [0.15, 0.2) is 28.8 Å². The van der Waals surface area contributed by atoms with Crippen molar-refractivity contribution in [3.8, 4) is 17.1 Å². The molecule has 2 aromatic heterocycles. The fourth-order valence-electron chi connectivity index (χ4n) is 4.32. The predicted molar refractivity (Wildman–Crippen MR) is 141 cm³/mol. The van der Waals surface area contributed by atoms with Crippen LogP contribution in [-0.2, 0) is 16.1 Å². The summed E-state index contributed by atoms with van der Waals surface area (Å²) in [5.41, 5.74) is 6.67. The lowest BCUT2D eigenvalue weighted by molar-refractivity contribution is -0.117. The molecule has 5 rings (SSSR count). The number of ether oxygens (including phenoxy) is 2. The SMILES string of the molecule is COC(=O)N1CCN(Cc2nc(-c3cccc(Nc4cc(NC(=O)C5CC5)nnc4C(N)=O)c3OC)no2)CC1. The Morgan fingerprint density at radius 1 is 1.10 bits per heavy atom. The third-order valence-corrected chi connectivity index (χ3v) is 6.59. The molecule has 1 aromatic carbocycles. The fraction of sp³-hybridized carbons (Fsp3) is 0.400. The van der Waals surface area contributed by atoms with Crippen LogP contribution in [0.1, 0.15) is 29.2 Å². The van der Waals surface area contributed by atoms with Crippen molar-refractivity contribution in [1.29, 1.82) is 0 Å². The van der Waals surface area contributed by atoms with Gasteiger partial charge in [-0.3, -0.25) is 14.5 Å². The second-order valence-electron chi connectivity index (χ2n) is 9.38. The number of carbonyl (C=O) groups excluding carboxylic acids is 3. The lowest BCUT2D eigenvalue weighted by atomic mass is 10.1. The van der Waals surface area contributed by atoms with Crippen molar-refractivity contribution < 1.29 is 28.4 Å². The number of piperazine rings is 1. The molecular weight excluding hydrogens is 522 g/mol. The van der Waals surface area contributed by atoms with Gasteiger partial charge in [0.25, 0.3) is 5.91 Å². The Labute approximate surface area is 229 Å². The van der Waals surface area contributed by atoms with Gasteiger partial charge in [0.2, 0.25) is 17.6 Å². The maximum atomic E-state index is 12.2. The van der Waals surface area contributed by atoms with Gasteiger partial charge in [0.15, 0.2) is 17.3 Å². The van der Waals surface area contributed by atoms with Gasteiger partial charge in [0, 0.05) is 38.2 Å². The summed E-state index contributed by atoms with van der Waals surface area (Å²) in [5.74, 6) is 0.323. The highest BCUT2D eigenvalue weighted by Gasteiger charge is 2.30. The van der Waals surface area contributed by atoms with Crippen LogP contribution in [0.4, 0.5) is 22.0 Å². The quantitative estimate of drug-likeness (QED) is 0.349. The molecule has 1 aliphatic carbocycles. The Morgan fingerprint density at radius 3 is 2.55 bits per heavy atom. The summed E-state index contributed by atoms with van der Waals surface area (Å²) in [6.07, 6.45) is 1.32. The minimum atomic E-state index is -0.791. The van der Waals surface area contributed by atoms with Gasteiger partial charge < -0.3 is 35.3 Å². The Bertz CT molecular complexity index is 1420. The first kappa shape index (κ1) is 26.8. The van der Waals surface area contributed by atoms with E-state index in [4.69, 9.17) is 19.7 Å². The molecule has 2 fully saturated rings. The molecule has 0 bridgehead atoms. The minimum Gasteiger partial charge on any atom is -0.494 e. The third kappa shape index (κ3) is 5.93. The van der Waals surface area contributed by atoms with Crippen LogP contribution in [-0.4, -0.2) is 88.4 Å². The number of para-hydroxylation sites is 1. The minimum absolute atomic E-state index is 0.0323. The molecule has 1 saturated carbocycles. The second-order valence-corrected chi connectivity index (χ2v) is 9.38. The van der Waals surface area contributed by atoms with Gasteiger partial charge in [-0.2, -0.15) is 4.98 Å². The largest absolute Gasteiger partial charge is 0.494 e. The molecule has 210 valence electrons. The molecule has 15 nitrogen and oxygen atoms in total.